The number of hydrogen-bond acceptors (Lipinski definition) is 6. The Hall–Kier alpha value is -2.12. The molecule has 6 nitrogen and oxygen atoms in total. The fourth-order valence-electron chi connectivity index (χ4n) is 3.38. The van der Waals surface area contributed by atoms with Gasteiger partial charge in [0, 0.05) is 50.9 Å². The minimum atomic E-state index is 0.0879. The maximum absolute atomic E-state index is 13.0. The fraction of sp³-hybridized carbons (Fsp3) is 0.500. The fourth-order valence-corrected chi connectivity index (χ4v) is 4.24. The first-order valence-corrected chi connectivity index (χ1v) is 11.0. The molecule has 0 aliphatic carbocycles. The smallest absolute Gasteiger partial charge is 0.233 e. The first-order chi connectivity index (χ1) is 13.9. The van der Waals surface area contributed by atoms with Gasteiger partial charge in [-0.05, 0) is 50.5 Å². The van der Waals surface area contributed by atoms with E-state index >= 15 is 0 Å². The average Bonchev–Trinajstić information content (AvgIpc) is 3.18. The van der Waals surface area contributed by atoms with Crippen LogP contribution in [0, 0.1) is 13.8 Å². The molecule has 0 saturated carbocycles. The number of anilines is 1. The van der Waals surface area contributed by atoms with E-state index in [-0.39, 0.29) is 12.0 Å². The van der Waals surface area contributed by atoms with Crippen LogP contribution in [0.25, 0.3) is 0 Å². The van der Waals surface area contributed by atoms with E-state index < -0.39 is 0 Å². The summed E-state index contributed by atoms with van der Waals surface area (Å²) in [6.07, 6.45) is 2.20. The molecular formula is C22H30N4O2S. The molecule has 1 aliphatic rings. The monoisotopic (exact) mass is 414 g/mol. The number of carbonyl (C=O) groups is 1. The lowest BCUT2D eigenvalue weighted by Gasteiger charge is -2.26. The molecule has 156 valence electrons. The lowest BCUT2D eigenvalue weighted by atomic mass is 10.1. The van der Waals surface area contributed by atoms with Gasteiger partial charge in [0.2, 0.25) is 5.91 Å². The molecule has 1 amide bonds. The second-order valence-corrected chi connectivity index (χ2v) is 8.63. The van der Waals surface area contributed by atoms with Crippen molar-refractivity contribution in [2.45, 2.75) is 44.5 Å². The van der Waals surface area contributed by atoms with Gasteiger partial charge < -0.3 is 14.5 Å². The summed E-state index contributed by atoms with van der Waals surface area (Å²) in [7, 11) is 4.04. The van der Waals surface area contributed by atoms with Gasteiger partial charge in [-0.15, -0.1) is 0 Å². The molecule has 1 saturated heterocycles. The molecule has 0 bridgehead atoms. The summed E-state index contributed by atoms with van der Waals surface area (Å²) in [5, 5.41) is 0.656. The second kappa shape index (κ2) is 10.1. The molecule has 1 fully saturated rings. The van der Waals surface area contributed by atoms with E-state index in [9.17, 15) is 4.79 Å². The average molecular weight is 415 g/mol. The van der Waals surface area contributed by atoms with Crippen molar-refractivity contribution in [3.05, 3.63) is 47.3 Å². The Kier molecular flexibility index (Phi) is 7.50. The summed E-state index contributed by atoms with van der Waals surface area (Å²) in [6.45, 7) is 5.89. The standard InChI is InChI=1S/C22H30N4O2S/c1-16-12-17(2)24-22(23-16)29-15-21(27)26(14-20-6-5-11-28-20)13-18-7-9-19(10-8-18)25(3)4/h7-10,12,20H,5-6,11,13-15H2,1-4H3. The number of aryl methyl sites for hydroxylation is 2. The quantitative estimate of drug-likeness (QED) is 0.487. The minimum Gasteiger partial charge on any atom is -0.378 e. The molecule has 0 N–H and O–H groups in total. The van der Waals surface area contributed by atoms with Crippen LogP contribution in [0.3, 0.4) is 0 Å². The van der Waals surface area contributed by atoms with Crippen LogP contribution in [0.4, 0.5) is 5.69 Å². The van der Waals surface area contributed by atoms with E-state index in [1.54, 1.807) is 0 Å². The molecule has 0 spiro atoms. The van der Waals surface area contributed by atoms with Crippen molar-refractivity contribution < 1.29 is 9.53 Å². The Morgan fingerprint density at radius 1 is 1.17 bits per heavy atom. The van der Waals surface area contributed by atoms with Gasteiger partial charge in [-0.1, -0.05) is 23.9 Å². The maximum atomic E-state index is 13.0. The highest BCUT2D eigenvalue weighted by molar-refractivity contribution is 7.99. The number of rotatable bonds is 8. The third kappa shape index (κ3) is 6.44. The van der Waals surface area contributed by atoms with Crippen molar-refractivity contribution in [2.24, 2.45) is 0 Å². The van der Waals surface area contributed by atoms with E-state index in [0.29, 0.717) is 24.0 Å². The summed E-state index contributed by atoms with van der Waals surface area (Å²) in [5.41, 5.74) is 4.11. The van der Waals surface area contributed by atoms with Crippen LogP contribution < -0.4 is 4.90 Å². The van der Waals surface area contributed by atoms with E-state index in [2.05, 4.69) is 39.1 Å². The minimum absolute atomic E-state index is 0.0879. The van der Waals surface area contributed by atoms with Crippen LogP contribution in [0.1, 0.15) is 29.8 Å². The summed E-state index contributed by atoms with van der Waals surface area (Å²) in [5.74, 6) is 0.413. The highest BCUT2D eigenvalue weighted by atomic mass is 32.2. The predicted octanol–water partition coefficient (Wildman–Crippen LogP) is 3.46. The van der Waals surface area contributed by atoms with Gasteiger partial charge in [0.05, 0.1) is 11.9 Å². The number of benzene rings is 1. The Bertz CT molecular complexity index is 800. The van der Waals surface area contributed by atoms with Gasteiger partial charge in [-0.2, -0.15) is 0 Å². The number of ether oxygens (including phenoxy) is 1. The van der Waals surface area contributed by atoms with Crippen LogP contribution >= 0.6 is 11.8 Å². The number of amides is 1. The van der Waals surface area contributed by atoms with Gasteiger partial charge in [0.15, 0.2) is 5.16 Å². The lowest BCUT2D eigenvalue weighted by Crippen LogP contribution is -2.38. The second-order valence-electron chi connectivity index (χ2n) is 7.69. The number of hydrogen-bond donors (Lipinski definition) is 0. The Balaban J connectivity index is 1.67. The van der Waals surface area contributed by atoms with E-state index in [0.717, 1.165) is 42.1 Å². The first-order valence-electron chi connectivity index (χ1n) is 10.0. The molecule has 1 aromatic heterocycles. The highest BCUT2D eigenvalue weighted by Gasteiger charge is 2.23. The zero-order chi connectivity index (χ0) is 20.8. The molecule has 1 aromatic carbocycles. The topological polar surface area (TPSA) is 58.6 Å². The van der Waals surface area contributed by atoms with Gasteiger partial charge >= 0.3 is 0 Å². The molecule has 7 heteroatoms. The summed E-state index contributed by atoms with van der Waals surface area (Å²) in [4.78, 5) is 25.9. The third-order valence-electron chi connectivity index (χ3n) is 4.91. The van der Waals surface area contributed by atoms with E-state index in [4.69, 9.17) is 4.74 Å². The molecule has 1 atom stereocenters. The highest BCUT2D eigenvalue weighted by Crippen LogP contribution is 2.20. The van der Waals surface area contributed by atoms with Crippen molar-refractivity contribution in [2.75, 3.05) is 37.9 Å². The van der Waals surface area contributed by atoms with Crippen molar-refractivity contribution in [1.82, 2.24) is 14.9 Å². The van der Waals surface area contributed by atoms with Crippen molar-refractivity contribution in [1.29, 1.82) is 0 Å². The predicted molar refractivity (Wildman–Crippen MR) is 117 cm³/mol. The SMILES string of the molecule is Cc1cc(C)nc(SCC(=O)N(Cc2ccc(N(C)C)cc2)CC2CCCO2)n1. The zero-order valence-electron chi connectivity index (χ0n) is 17.7. The molecule has 3 rings (SSSR count). The number of thioether (sulfide) groups is 1. The normalized spacial score (nSPS) is 16.1. The molecule has 0 radical (unpaired) electrons. The van der Waals surface area contributed by atoms with Crippen LogP contribution in [0.5, 0.6) is 0 Å². The van der Waals surface area contributed by atoms with E-state index in [1.165, 1.54) is 11.8 Å². The van der Waals surface area contributed by atoms with Crippen LogP contribution in [0.2, 0.25) is 0 Å². The third-order valence-corrected chi connectivity index (χ3v) is 5.75. The van der Waals surface area contributed by atoms with Gasteiger partial charge in [-0.25, -0.2) is 9.97 Å². The summed E-state index contributed by atoms with van der Waals surface area (Å²) < 4.78 is 5.78. The first kappa shape index (κ1) is 21.6. The van der Waals surface area contributed by atoms with Crippen LogP contribution in [-0.4, -0.2) is 59.9 Å². The molecule has 29 heavy (non-hydrogen) atoms. The largest absolute Gasteiger partial charge is 0.378 e. The van der Waals surface area contributed by atoms with Gasteiger partial charge in [0.25, 0.3) is 0 Å². The summed E-state index contributed by atoms with van der Waals surface area (Å²) >= 11 is 1.40. The van der Waals surface area contributed by atoms with Gasteiger partial charge in [0.1, 0.15) is 0 Å². The molecule has 2 heterocycles. The van der Waals surface area contributed by atoms with Crippen LogP contribution in [0.15, 0.2) is 35.5 Å². The van der Waals surface area contributed by atoms with Crippen molar-refractivity contribution in [3.63, 3.8) is 0 Å². The van der Waals surface area contributed by atoms with E-state index in [1.807, 2.05) is 38.9 Å². The zero-order valence-corrected chi connectivity index (χ0v) is 18.5. The maximum Gasteiger partial charge on any atom is 0.233 e. The molecule has 2 aromatic rings. The number of nitrogens with zero attached hydrogens (tertiary/aromatic N) is 4. The van der Waals surface area contributed by atoms with Crippen molar-refractivity contribution in [3.8, 4) is 0 Å². The lowest BCUT2D eigenvalue weighted by molar-refractivity contribution is -0.130. The van der Waals surface area contributed by atoms with Gasteiger partial charge in [-0.3, -0.25) is 4.79 Å². The Morgan fingerprint density at radius 3 is 2.45 bits per heavy atom. The molecule has 1 unspecified atom stereocenters. The number of aromatic nitrogens is 2. The molecular weight excluding hydrogens is 384 g/mol. The Labute approximate surface area is 177 Å². The van der Waals surface area contributed by atoms with Crippen molar-refractivity contribution >= 4 is 23.4 Å². The Morgan fingerprint density at radius 2 is 1.86 bits per heavy atom. The summed E-state index contributed by atoms with van der Waals surface area (Å²) in [6, 6.07) is 10.3. The number of carbonyl (C=O) groups excluding carboxylic acids is 1. The van der Waals surface area contributed by atoms with Crippen LogP contribution in [-0.2, 0) is 16.1 Å². The molecule has 1 aliphatic heterocycles.